The summed E-state index contributed by atoms with van der Waals surface area (Å²) in [4.78, 5) is 15.5. The zero-order valence-corrected chi connectivity index (χ0v) is 11.6. The lowest BCUT2D eigenvalue weighted by Crippen LogP contribution is -2.05. The lowest BCUT2D eigenvalue weighted by Gasteiger charge is -2.05. The van der Waals surface area contributed by atoms with E-state index in [-0.39, 0.29) is 11.7 Å². The van der Waals surface area contributed by atoms with E-state index in [4.69, 9.17) is 0 Å². The van der Waals surface area contributed by atoms with Gasteiger partial charge in [0.15, 0.2) is 0 Å². The van der Waals surface area contributed by atoms with E-state index in [1.54, 1.807) is 12.1 Å². The molecule has 2 aromatic carbocycles. The molecule has 20 heavy (non-hydrogen) atoms. The number of nitrogens with one attached hydrogen (secondary N) is 1. The van der Waals surface area contributed by atoms with Gasteiger partial charge in [0.1, 0.15) is 10.8 Å². The first-order chi connectivity index (χ1) is 9.63. The van der Waals surface area contributed by atoms with Gasteiger partial charge in [0, 0.05) is 18.7 Å². The zero-order valence-electron chi connectivity index (χ0n) is 10.8. The molecule has 0 fully saturated rings. The summed E-state index contributed by atoms with van der Waals surface area (Å²) in [6.45, 7) is 1.43. The van der Waals surface area contributed by atoms with Gasteiger partial charge in [-0.05, 0) is 24.3 Å². The Bertz CT molecular complexity index is 762. The maximum Gasteiger partial charge on any atom is 0.221 e. The molecule has 0 aliphatic carbocycles. The smallest absolute Gasteiger partial charge is 0.221 e. The molecule has 2 N–H and O–H groups in total. The number of carbonyl (C=O) groups excluding carboxylic acids is 1. The summed E-state index contributed by atoms with van der Waals surface area (Å²) in [5.74, 6) is -0.0626. The number of hydrogen-bond acceptors (Lipinski definition) is 4. The SMILES string of the molecule is CC(=O)Nc1ccc(-c2nc3ccccc3s2)c(O)c1. The molecule has 1 amide bonds. The van der Waals surface area contributed by atoms with E-state index in [2.05, 4.69) is 10.3 Å². The van der Waals surface area contributed by atoms with E-state index >= 15 is 0 Å². The summed E-state index contributed by atoms with van der Waals surface area (Å²) in [6.07, 6.45) is 0. The summed E-state index contributed by atoms with van der Waals surface area (Å²) >= 11 is 1.53. The van der Waals surface area contributed by atoms with Crippen LogP contribution >= 0.6 is 11.3 Å². The van der Waals surface area contributed by atoms with E-state index in [0.29, 0.717) is 11.3 Å². The molecule has 0 saturated carbocycles. The number of carbonyl (C=O) groups is 1. The van der Waals surface area contributed by atoms with Gasteiger partial charge < -0.3 is 10.4 Å². The van der Waals surface area contributed by atoms with Crippen molar-refractivity contribution < 1.29 is 9.90 Å². The van der Waals surface area contributed by atoms with Gasteiger partial charge in [0.25, 0.3) is 0 Å². The highest BCUT2D eigenvalue weighted by molar-refractivity contribution is 7.21. The van der Waals surface area contributed by atoms with E-state index < -0.39 is 0 Å². The van der Waals surface area contributed by atoms with Crippen molar-refractivity contribution in [2.75, 3.05) is 5.32 Å². The second kappa shape index (κ2) is 4.94. The van der Waals surface area contributed by atoms with Gasteiger partial charge in [-0.15, -0.1) is 11.3 Å². The predicted octanol–water partition coefficient (Wildman–Crippen LogP) is 3.63. The number of anilines is 1. The van der Waals surface area contributed by atoms with Crippen LogP contribution in [0.5, 0.6) is 5.75 Å². The van der Waals surface area contributed by atoms with Gasteiger partial charge >= 0.3 is 0 Å². The van der Waals surface area contributed by atoms with Crippen molar-refractivity contribution in [3.8, 4) is 16.3 Å². The number of nitrogens with zero attached hydrogens (tertiary/aromatic N) is 1. The fourth-order valence-electron chi connectivity index (χ4n) is 1.98. The summed E-state index contributed by atoms with van der Waals surface area (Å²) in [7, 11) is 0. The molecule has 5 heteroatoms. The normalized spacial score (nSPS) is 10.7. The number of thiazole rings is 1. The number of aromatic nitrogens is 1. The fraction of sp³-hybridized carbons (Fsp3) is 0.0667. The van der Waals surface area contributed by atoms with Gasteiger partial charge in [-0.25, -0.2) is 4.98 Å². The zero-order chi connectivity index (χ0) is 14.1. The Morgan fingerprint density at radius 2 is 2.05 bits per heavy atom. The number of rotatable bonds is 2. The molecule has 0 unspecified atom stereocenters. The third kappa shape index (κ3) is 2.35. The van der Waals surface area contributed by atoms with Gasteiger partial charge in [-0.1, -0.05) is 12.1 Å². The first-order valence-electron chi connectivity index (χ1n) is 6.10. The van der Waals surface area contributed by atoms with E-state index in [0.717, 1.165) is 15.2 Å². The maximum absolute atomic E-state index is 11.0. The van der Waals surface area contributed by atoms with Crippen LogP contribution in [-0.4, -0.2) is 16.0 Å². The van der Waals surface area contributed by atoms with Crippen LogP contribution in [0.2, 0.25) is 0 Å². The minimum atomic E-state index is -0.169. The van der Waals surface area contributed by atoms with Crippen molar-refractivity contribution in [2.24, 2.45) is 0 Å². The minimum absolute atomic E-state index is 0.107. The number of amides is 1. The molecule has 0 saturated heterocycles. The predicted molar refractivity (Wildman–Crippen MR) is 81.0 cm³/mol. The van der Waals surface area contributed by atoms with Crippen molar-refractivity contribution in [1.29, 1.82) is 0 Å². The number of phenolic OH excluding ortho intramolecular Hbond substituents is 1. The standard InChI is InChI=1S/C15H12N2O2S/c1-9(18)16-10-6-7-11(13(19)8-10)15-17-12-4-2-3-5-14(12)20-15/h2-8,19H,1H3,(H,16,18). The van der Waals surface area contributed by atoms with E-state index in [9.17, 15) is 9.90 Å². The van der Waals surface area contributed by atoms with E-state index in [1.165, 1.54) is 24.3 Å². The molecule has 0 aliphatic heterocycles. The molecule has 4 nitrogen and oxygen atoms in total. The number of para-hydroxylation sites is 1. The third-order valence-electron chi connectivity index (χ3n) is 2.84. The van der Waals surface area contributed by atoms with Gasteiger partial charge in [-0.2, -0.15) is 0 Å². The summed E-state index contributed by atoms with van der Waals surface area (Å²) in [5.41, 5.74) is 2.15. The highest BCUT2D eigenvalue weighted by Gasteiger charge is 2.11. The lowest BCUT2D eigenvalue weighted by atomic mass is 10.2. The molecule has 0 radical (unpaired) electrons. The molecule has 100 valence electrons. The first-order valence-corrected chi connectivity index (χ1v) is 6.92. The van der Waals surface area contributed by atoms with Gasteiger partial charge in [0.2, 0.25) is 5.91 Å². The number of fused-ring (bicyclic) bond motifs is 1. The van der Waals surface area contributed by atoms with Crippen LogP contribution in [-0.2, 0) is 4.79 Å². The first kappa shape index (κ1) is 12.6. The molecule has 0 bridgehead atoms. The Balaban J connectivity index is 2.03. The lowest BCUT2D eigenvalue weighted by molar-refractivity contribution is -0.114. The van der Waals surface area contributed by atoms with Crippen molar-refractivity contribution in [3.63, 3.8) is 0 Å². The average Bonchev–Trinajstić information content (AvgIpc) is 2.81. The molecule has 1 heterocycles. The van der Waals surface area contributed by atoms with Crippen LogP contribution < -0.4 is 5.32 Å². The molecular formula is C15H12N2O2S. The number of phenols is 1. The van der Waals surface area contributed by atoms with E-state index in [1.807, 2.05) is 24.3 Å². The monoisotopic (exact) mass is 284 g/mol. The summed E-state index contributed by atoms with van der Waals surface area (Å²) in [6, 6.07) is 12.9. The second-order valence-corrected chi connectivity index (χ2v) is 5.43. The maximum atomic E-state index is 11.0. The Hall–Kier alpha value is -2.40. The van der Waals surface area contributed by atoms with Crippen LogP contribution in [0.3, 0.4) is 0 Å². The number of hydrogen-bond donors (Lipinski definition) is 2. The molecule has 3 rings (SSSR count). The Labute approximate surface area is 119 Å². The van der Waals surface area contributed by atoms with Crippen molar-refractivity contribution >= 4 is 33.1 Å². The fourth-order valence-corrected chi connectivity index (χ4v) is 2.98. The van der Waals surface area contributed by atoms with Crippen LogP contribution in [0, 0.1) is 0 Å². The summed E-state index contributed by atoms with van der Waals surface area (Å²) < 4.78 is 1.08. The van der Waals surface area contributed by atoms with Gasteiger partial charge in [-0.3, -0.25) is 4.79 Å². The highest BCUT2D eigenvalue weighted by atomic mass is 32.1. The number of aromatic hydroxyl groups is 1. The molecule has 0 atom stereocenters. The van der Waals surface area contributed by atoms with Crippen LogP contribution in [0.15, 0.2) is 42.5 Å². The Kier molecular flexibility index (Phi) is 3.12. The number of benzene rings is 2. The average molecular weight is 284 g/mol. The topological polar surface area (TPSA) is 62.2 Å². The van der Waals surface area contributed by atoms with Crippen molar-refractivity contribution in [3.05, 3.63) is 42.5 Å². The van der Waals surface area contributed by atoms with Gasteiger partial charge in [0.05, 0.1) is 15.8 Å². The molecular weight excluding hydrogens is 272 g/mol. The Morgan fingerprint density at radius 3 is 2.75 bits per heavy atom. The van der Waals surface area contributed by atoms with Crippen LogP contribution in [0.4, 0.5) is 5.69 Å². The second-order valence-electron chi connectivity index (χ2n) is 4.40. The van der Waals surface area contributed by atoms with Crippen LogP contribution in [0.1, 0.15) is 6.92 Å². The van der Waals surface area contributed by atoms with Crippen molar-refractivity contribution in [2.45, 2.75) is 6.92 Å². The Morgan fingerprint density at radius 1 is 1.25 bits per heavy atom. The molecule has 0 spiro atoms. The van der Waals surface area contributed by atoms with Crippen LogP contribution in [0.25, 0.3) is 20.8 Å². The summed E-state index contributed by atoms with van der Waals surface area (Å²) in [5, 5.41) is 13.5. The van der Waals surface area contributed by atoms with Crippen molar-refractivity contribution in [1.82, 2.24) is 4.98 Å². The minimum Gasteiger partial charge on any atom is -0.507 e. The molecule has 3 aromatic rings. The quantitative estimate of drug-likeness (QED) is 0.755. The molecule has 1 aromatic heterocycles. The largest absolute Gasteiger partial charge is 0.507 e. The highest BCUT2D eigenvalue weighted by Crippen LogP contribution is 2.36. The molecule has 0 aliphatic rings. The third-order valence-corrected chi connectivity index (χ3v) is 3.91.